The SMILES string of the molecule is COc1ccc(-c2cc(CCN3CCN(Cc4ccccc4C(F)(F)F)CC3)on2)cc1OC. The molecule has 0 radical (unpaired) electrons. The number of ether oxygens (including phenoxy) is 2. The highest BCUT2D eigenvalue weighted by Crippen LogP contribution is 2.33. The van der Waals surface area contributed by atoms with E-state index in [0.29, 0.717) is 30.0 Å². The summed E-state index contributed by atoms with van der Waals surface area (Å²) in [6, 6.07) is 13.3. The molecule has 1 saturated heterocycles. The van der Waals surface area contributed by atoms with Crippen LogP contribution in [0, 0.1) is 0 Å². The Morgan fingerprint density at radius 2 is 1.62 bits per heavy atom. The lowest BCUT2D eigenvalue weighted by Crippen LogP contribution is -2.46. The Morgan fingerprint density at radius 1 is 0.912 bits per heavy atom. The largest absolute Gasteiger partial charge is 0.493 e. The third-order valence-corrected chi connectivity index (χ3v) is 6.09. The molecule has 0 atom stereocenters. The molecule has 0 amide bonds. The molecule has 0 N–H and O–H groups in total. The van der Waals surface area contributed by atoms with Crippen LogP contribution >= 0.6 is 0 Å². The minimum atomic E-state index is -4.33. The first-order chi connectivity index (χ1) is 16.4. The summed E-state index contributed by atoms with van der Waals surface area (Å²) in [6.07, 6.45) is -3.62. The zero-order valence-electron chi connectivity index (χ0n) is 19.3. The Morgan fingerprint density at radius 3 is 2.32 bits per heavy atom. The van der Waals surface area contributed by atoms with Crippen molar-refractivity contribution in [3.63, 3.8) is 0 Å². The third-order valence-electron chi connectivity index (χ3n) is 6.09. The number of aromatic nitrogens is 1. The maximum absolute atomic E-state index is 13.3. The van der Waals surface area contributed by atoms with Gasteiger partial charge in [-0.15, -0.1) is 0 Å². The summed E-state index contributed by atoms with van der Waals surface area (Å²) in [5.41, 5.74) is 1.38. The van der Waals surface area contributed by atoms with Crippen molar-refractivity contribution in [3.05, 3.63) is 65.4 Å². The predicted octanol–water partition coefficient (Wildman–Crippen LogP) is 4.74. The van der Waals surface area contributed by atoms with Crippen molar-refractivity contribution in [2.45, 2.75) is 19.1 Å². The molecule has 0 saturated carbocycles. The third kappa shape index (κ3) is 5.71. The van der Waals surface area contributed by atoms with Gasteiger partial charge in [-0.1, -0.05) is 23.4 Å². The second kappa shape index (κ2) is 10.5. The molecular weight excluding hydrogens is 447 g/mol. The van der Waals surface area contributed by atoms with Crippen molar-refractivity contribution in [2.24, 2.45) is 0 Å². The zero-order chi connectivity index (χ0) is 24.1. The molecule has 0 bridgehead atoms. The molecule has 1 aliphatic rings. The van der Waals surface area contributed by atoms with Gasteiger partial charge in [-0.2, -0.15) is 13.2 Å². The molecule has 2 heterocycles. The van der Waals surface area contributed by atoms with Crippen LogP contribution in [0.2, 0.25) is 0 Å². The lowest BCUT2D eigenvalue weighted by molar-refractivity contribution is -0.138. The van der Waals surface area contributed by atoms with E-state index in [1.807, 2.05) is 24.3 Å². The van der Waals surface area contributed by atoms with Crippen LogP contribution in [0.1, 0.15) is 16.9 Å². The van der Waals surface area contributed by atoms with E-state index in [0.717, 1.165) is 55.8 Å². The van der Waals surface area contributed by atoms with Crippen LogP contribution in [0.25, 0.3) is 11.3 Å². The molecular formula is C25H28F3N3O3. The van der Waals surface area contributed by atoms with Crippen molar-refractivity contribution in [2.75, 3.05) is 46.9 Å². The fourth-order valence-electron chi connectivity index (χ4n) is 4.18. The van der Waals surface area contributed by atoms with E-state index in [4.69, 9.17) is 14.0 Å². The number of benzene rings is 2. The lowest BCUT2D eigenvalue weighted by atomic mass is 10.1. The van der Waals surface area contributed by atoms with Crippen molar-refractivity contribution >= 4 is 0 Å². The van der Waals surface area contributed by atoms with Gasteiger partial charge in [-0.25, -0.2) is 0 Å². The van der Waals surface area contributed by atoms with Crippen LogP contribution in [0.3, 0.4) is 0 Å². The zero-order valence-corrected chi connectivity index (χ0v) is 19.3. The number of halogens is 3. The molecule has 182 valence electrons. The van der Waals surface area contributed by atoms with E-state index in [9.17, 15) is 13.2 Å². The van der Waals surface area contributed by atoms with Gasteiger partial charge in [0.15, 0.2) is 11.5 Å². The summed E-state index contributed by atoms with van der Waals surface area (Å²) in [4.78, 5) is 4.37. The molecule has 34 heavy (non-hydrogen) atoms. The van der Waals surface area contributed by atoms with Crippen molar-refractivity contribution in [1.82, 2.24) is 15.0 Å². The number of hydrogen-bond acceptors (Lipinski definition) is 6. The van der Waals surface area contributed by atoms with Gasteiger partial charge in [0.25, 0.3) is 0 Å². The summed E-state index contributed by atoms with van der Waals surface area (Å²) < 4.78 is 55.9. The van der Waals surface area contributed by atoms with Crippen molar-refractivity contribution in [3.8, 4) is 22.8 Å². The maximum atomic E-state index is 13.3. The highest BCUT2D eigenvalue weighted by atomic mass is 19.4. The minimum Gasteiger partial charge on any atom is -0.493 e. The summed E-state index contributed by atoms with van der Waals surface area (Å²) in [5, 5.41) is 4.18. The van der Waals surface area contributed by atoms with Crippen LogP contribution in [0.15, 0.2) is 53.1 Å². The summed E-state index contributed by atoms with van der Waals surface area (Å²) in [7, 11) is 3.18. The average molecular weight is 476 g/mol. The quantitative estimate of drug-likeness (QED) is 0.469. The van der Waals surface area contributed by atoms with Crippen molar-refractivity contribution < 1.29 is 27.2 Å². The first-order valence-electron chi connectivity index (χ1n) is 11.1. The smallest absolute Gasteiger partial charge is 0.416 e. The summed E-state index contributed by atoms with van der Waals surface area (Å²) >= 11 is 0. The number of rotatable bonds is 8. The monoisotopic (exact) mass is 475 g/mol. The van der Waals surface area contributed by atoms with E-state index in [1.54, 1.807) is 26.4 Å². The first-order valence-corrected chi connectivity index (χ1v) is 11.1. The number of piperazine rings is 1. The van der Waals surface area contributed by atoms with Gasteiger partial charge in [-0.05, 0) is 29.8 Å². The lowest BCUT2D eigenvalue weighted by Gasteiger charge is -2.35. The molecule has 0 unspecified atom stereocenters. The molecule has 4 rings (SSSR count). The second-order valence-electron chi connectivity index (χ2n) is 8.27. The minimum absolute atomic E-state index is 0.306. The van der Waals surface area contributed by atoms with Gasteiger partial charge < -0.3 is 18.9 Å². The average Bonchev–Trinajstić information content (AvgIpc) is 3.32. The van der Waals surface area contributed by atoms with Crippen LogP contribution in [0.5, 0.6) is 11.5 Å². The molecule has 0 spiro atoms. The van der Waals surface area contributed by atoms with E-state index < -0.39 is 11.7 Å². The maximum Gasteiger partial charge on any atom is 0.416 e. The van der Waals surface area contributed by atoms with Crippen molar-refractivity contribution in [1.29, 1.82) is 0 Å². The fraction of sp³-hybridized carbons (Fsp3) is 0.400. The van der Waals surface area contributed by atoms with E-state index >= 15 is 0 Å². The van der Waals surface area contributed by atoms with E-state index in [1.165, 1.54) is 6.07 Å². The molecule has 6 nitrogen and oxygen atoms in total. The highest BCUT2D eigenvalue weighted by molar-refractivity contribution is 5.63. The van der Waals surface area contributed by atoms with Gasteiger partial charge in [0, 0.05) is 57.3 Å². The molecule has 0 aliphatic carbocycles. The molecule has 9 heteroatoms. The number of methoxy groups -OCH3 is 2. The Balaban J connectivity index is 1.28. The molecule has 1 fully saturated rings. The Kier molecular flexibility index (Phi) is 7.43. The topological polar surface area (TPSA) is 51.0 Å². The van der Waals surface area contributed by atoms with Crippen LogP contribution in [-0.4, -0.2) is 61.9 Å². The number of nitrogens with zero attached hydrogens (tertiary/aromatic N) is 3. The normalized spacial score (nSPS) is 15.4. The van der Waals surface area contributed by atoms with Gasteiger partial charge in [0.05, 0.1) is 19.8 Å². The van der Waals surface area contributed by atoms with Crippen LogP contribution in [-0.2, 0) is 19.1 Å². The van der Waals surface area contributed by atoms with E-state index in [-0.39, 0.29) is 0 Å². The first kappa shape index (κ1) is 24.1. The summed E-state index contributed by atoms with van der Waals surface area (Å²) in [5.74, 6) is 2.06. The standard InChI is InChI=1S/C25H28F3N3O3/c1-32-23-8-7-18(15-24(23)33-2)22-16-20(34-29-22)9-10-30-11-13-31(14-12-30)17-19-5-3-4-6-21(19)25(26,27)28/h3-8,15-16H,9-14,17H2,1-2H3. The van der Waals surface area contributed by atoms with Gasteiger partial charge in [0.1, 0.15) is 11.5 Å². The fourth-order valence-corrected chi connectivity index (χ4v) is 4.18. The number of alkyl halides is 3. The van der Waals surface area contributed by atoms with Crippen LogP contribution in [0.4, 0.5) is 13.2 Å². The number of hydrogen-bond donors (Lipinski definition) is 0. The molecule has 2 aromatic carbocycles. The Hall–Kier alpha value is -3.04. The molecule has 3 aromatic rings. The molecule has 1 aliphatic heterocycles. The Labute approximate surface area is 196 Å². The summed E-state index contributed by atoms with van der Waals surface area (Å²) in [6.45, 7) is 4.14. The predicted molar refractivity (Wildman–Crippen MR) is 122 cm³/mol. The molecule has 1 aromatic heterocycles. The van der Waals surface area contributed by atoms with Gasteiger partial charge in [0.2, 0.25) is 0 Å². The van der Waals surface area contributed by atoms with Crippen LogP contribution < -0.4 is 9.47 Å². The van der Waals surface area contributed by atoms with Gasteiger partial charge >= 0.3 is 6.18 Å². The highest BCUT2D eigenvalue weighted by Gasteiger charge is 2.33. The second-order valence-corrected chi connectivity index (χ2v) is 8.27. The Bertz CT molecular complexity index is 1090. The van der Waals surface area contributed by atoms with Gasteiger partial charge in [-0.3, -0.25) is 4.90 Å². The van der Waals surface area contributed by atoms with E-state index in [2.05, 4.69) is 15.0 Å².